The SMILES string of the molecule is O=C(CN1CCN(CC(=O)N2N=C(c3cccs3)C[C@@H]2c2cccs2)CC1)N1CCCCC1. The van der Waals surface area contributed by atoms with Gasteiger partial charge in [-0.25, -0.2) is 5.01 Å². The van der Waals surface area contributed by atoms with E-state index in [0.29, 0.717) is 13.1 Å². The van der Waals surface area contributed by atoms with Gasteiger partial charge in [0.1, 0.15) is 0 Å². The molecule has 1 atom stereocenters. The van der Waals surface area contributed by atoms with Crippen molar-refractivity contribution in [2.75, 3.05) is 52.4 Å². The number of carbonyl (C=O) groups is 2. The molecule has 0 bridgehead atoms. The molecule has 2 amide bonds. The minimum Gasteiger partial charge on any atom is -0.342 e. The maximum Gasteiger partial charge on any atom is 0.257 e. The third-order valence-corrected chi connectivity index (χ3v) is 8.63. The number of hydrogen-bond donors (Lipinski definition) is 0. The first-order chi connectivity index (χ1) is 16.2. The lowest BCUT2D eigenvalue weighted by molar-refractivity contribution is -0.136. The van der Waals surface area contributed by atoms with Gasteiger partial charge in [0.25, 0.3) is 5.91 Å². The van der Waals surface area contributed by atoms with Crippen LogP contribution in [0.5, 0.6) is 0 Å². The van der Waals surface area contributed by atoms with Crippen LogP contribution in [0.3, 0.4) is 0 Å². The number of likely N-dealkylation sites (tertiary alicyclic amines) is 1. The van der Waals surface area contributed by atoms with E-state index in [0.717, 1.165) is 69.1 Å². The summed E-state index contributed by atoms with van der Waals surface area (Å²) in [6.45, 7) is 5.94. The summed E-state index contributed by atoms with van der Waals surface area (Å²) in [5, 5.41) is 10.6. The van der Waals surface area contributed by atoms with Gasteiger partial charge in [0.15, 0.2) is 0 Å². The molecule has 2 aromatic heterocycles. The highest BCUT2D eigenvalue weighted by Gasteiger charge is 2.35. The highest BCUT2D eigenvalue weighted by molar-refractivity contribution is 7.12. The van der Waals surface area contributed by atoms with Crippen molar-refractivity contribution in [3.8, 4) is 0 Å². The fourth-order valence-corrected chi connectivity index (χ4v) is 6.37. The lowest BCUT2D eigenvalue weighted by Crippen LogP contribution is -2.52. The van der Waals surface area contributed by atoms with E-state index in [1.165, 1.54) is 11.3 Å². The Bertz CT molecular complexity index is 961. The van der Waals surface area contributed by atoms with Crippen molar-refractivity contribution in [1.29, 1.82) is 0 Å². The summed E-state index contributed by atoms with van der Waals surface area (Å²) in [7, 11) is 0. The van der Waals surface area contributed by atoms with Gasteiger partial charge in [-0.05, 0) is 42.2 Å². The van der Waals surface area contributed by atoms with Crippen molar-refractivity contribution in [1.82, 2.24) is 19.7 Å². The van der Waals surface area contributed by atoms with Gasteiger partial charge in [-0.3, -0.25) is 19.4 Å². The van der Waals surface area contributed by atoms with E-state index in [4.69, 9.17) is 5.10 Å². The minimum atomic E-state index is -0.0157. The lowest BCUT2D eigenvalue weighted by atomic mass is 10.1. The van der Waals surface area contributed by atoms with Crippen molar-refractivity contribution in [3.05, 3.63) is 44.8 Å². The van der Waals surface area contributed by atoms with Crippen LogP contribution in [0.15, 0.2) is 40.1 Å². The predicted molar refractivity (Wildman–Crippen MR) is 133 cm³/mol. The van der Waals surface area contributed by atoms with E-state index in [-0.39, 0.29) is 17.9 Å². The third-order valence-electron chi connectivity index (χ3n) is 6.73. The van der Waals surface area contributed by atoms with Gasteiger partial charge in [-0.15, -0.1) is 22.7 Å². The number of amides is 2. The number of thiophene rings is 2. The molecule has 0 aliphatic carbocycles. The van der Waals surface area contributed by atoms with Crippen molar-refractivity contribution in [3.63, 3.8) is 0 Å². The first-order valence-electron chi connectivity index (χ1n) is 11.9. The third kappa shape index (κ3) is 5.37. The van der Waals surface area contributed by atoms with Crippen LogP contribution in [0.2, 0.25) is 0 Å². The molecule has 0 N–H and O–H groups in total. The molecule has 5 heterocycles. The number of carbonyl (C=O) groups excluding carboxylic acids is 2. The van der Waals surface area contributed by atoms with E-state index >= 15 is 0 Å². The molecule has 3 aliphatic rings. The van der Waals surface area contributed by atoms with E-state index in [1.807, 2.05) is 17.0 Å². The molecule has 2 aromatic rings. The van der Waals surface area contributed by atoms with Crippen LogP contribution in [0, 0.1) is 0 Å². The molecular formula is C24H31N5O2S2. The summed E-state index contributed by atoms with van der Waals surface area (Å²) in [5.74, 6) is 0.309. The van der Waals surface area contributed by atoms with E-state index in [1.54, 1.807) is 27.7 Å². The Morgan fingerprint density at radius 3 is 2.15 bits per heavy atom. The largest absolute Gasteiger partial charge is 0.342 e. The molecule has 33 heavy (non-hydrogen) atoms. The Labute approximate surface area is 203 Å². The summed E-state index contributed by atoms with van der Waals surface area (Å²) in [6.07, 6.45) is 4.25. The van der Waals surface area contributed by atoms with Gasteiger partial charge >= 0.3 is 0 Å². The summed E-state index contributed by atoms with van der Waals surface area (Å²) < 4.78 is 0. The Morgan fingerprint density at radius 2 is 1.52 bits per heavy atom. The number of piperazine rings is 1. The fourth-order valence-electron chi connectivity index (χ4n) is 4.84. The molecule has 0 aromatic carbocycles. The molecule has 5 rings (SSSR count). The number of rotatable bonds is 6. The van der Waals surface area contributed by atoms with Crippen LogP contribution >= 0.6 is 22.7 Å². The lowest BCUT2D eigenvalue weighted by Gasteiger charge is -2.36. The van der Waals surface area contributed by atoms with Crippen LogP contribution in [0.1, 0.15) is 41.5 Å². The smallest absolute Gasteiger partial charge is 0.257 e. The number of hydrazone groups is 1. The predicted octanol–water partition coefficient (Wildman–Crippen LogP) is 3.12. The molecule has 0 unspecified atom stereocenters. The second-order valence-corrected chi connectivity index (χ2v) is 10.9. The quantitative estimate of drug-likeness (QED) is 0.631. The minimum absolute atomic E-state index is 0.0157. The van der Waals surface area contributed by atoms with E-state index in [2.05, 4.69) is 32.7 Å². The van der Waals surface area contributed by atoms with E-state index < -0.39 is 0 Å². The monoisotopic (exact) mass is 485 g/mol. The Balaban J connectivity index is 1.16. The molecule has 176 valence electrons. The normalized spacial score (nSPS) is 22.5. The van der Waals surface area contributed by atoms with Crippen molar-refractivity contribution in [2.45, 2.75) is 31.7 Å². The molecule has 2 saturated heterocycles. The zero-order chi connectivity index (χ0) is 22.6. The average molecular weight is 486 g/mol. The summed E-state index contributed by atoms with van der Waals surface area (Å²) in [5.41, 5.74) is 0.998. The number of piperidine rings is 1. The molecule has 0 saturated carbocycles. The Hall–Kier alpha value is -2.07. The van der Waals surface area contributed by atoms with Gasteiger partial charge in [0.05, 0.1) is 29.7 Å². The summed E-state index contributed by atoms with van der Waals surface area (Å²) >= 11 is 3.36. The van der Waals surface area contributed by atoms with Crippen LogP contribution in [0.25, 0.3) is 0 Å². The zero-order valence-corrected chi connectivity index (χ0v) is 20.5. The highest BCUT2D eigenvalue weighted by Crippen LogP contribution is 2.36. The zero-order valence-electron chi connectivity index (χ0n) is 18.9. The molecule has 7 nitrogen and oxygen atoms in total. The first-order valence-corrected chi connectivity index (χ1v) is 13.6. The maximum absolute atomic E-state index is 13.3. The van der Waals surface area contributed by atoms with Crippen molar-refractivity contribution < 1.29 is 9.59 Å². The van der Waals surface area contributed by atoms with Gasteiger partial charge in [-0.2, -0.15) is 5.10 Å². The second kappa shape index (κ2) is 10.5. The molecule has 3 aliphatic heterocycles. The van der Waals surface area contributed by atoms with Crippen molar-refractivity contribution >= 4 is 40.2 Å². The summed E-state index contributed by atoms with van der Waals surface area (Å²) in [4.78, 5) is 34.7. The summed E-state index contributed by atoms with van der Waals surface area (Å²) in [6, 6.07) is 8.23. The van der Waals surface area contributed by atoms with Gasteiger partial charge in [-0.1, -0.05) is 12.1 Å². The molecule has 0 spiro atoms. The van der Waals surface area contributed by atoms with Crippen LogP contribution in [0.4, 0.5) is 0 Å². The topological polar surface area (TPSA) is 59.5 Å². The first kappa shape index (κ1) is 22.7. The highest BCUT2D eigenvalue weighted by atomic mass is 32.1. The molecule has 2 fully saturated rings. The molecule has 0 radical (unpaired) electrons. The van der Waals surface area contributed by atoms with Crippen LogP contribution in [-0.4, -0.2) is 89.6 Å². The van der Waals surface area contributed by atoms with Crippen LogP contribution < -0.4 is 0 Å². The van der Waals surface area contributed by atoms with Crippen LogP contribution in [-0.2, 0) is 9.59 Å². The molecule has 9 heteroatoms. The Kier molecular flexibility index (Phi) is 7.20. The van der Waals surface area contributed by atoms with Crippen molar-refractivity contribution in [2.24, 2.45) is 5.10 Å². The Morgan fingerprint density at radius 1 is 0.848 bits per heavy atom. The van der Waals surface area contributed by atoms with Gasteiger partial charge < -0.3 is 4.90 Å². The molecular weight excluding hydrogens is 454 g/mol. The van der Waals surface area contributed by atoms with Gasteiger partial charge in [0.2, 0.25) is 5.91 Å². The van der Waals surface area contributed by atoms with Gasteiger partial charge in [0, 0.05) is 50.6 Å². The number of nitrogens with zero attached hydrogens (tertiary/aromatic N) is 5. The number of hydrogen-bond acceptors (Lipinski definition) is 7. The second-order valence-electron chi connectivity index (χ2n) is 8.99. The maximum atomic E-state index is 13.3. The fraction of sp³-hybridized carbons (Fsp3) is 0.542. The van der Waals surface area contributed by atoms with E-state index in [9.17, 15) is 9.59 Å². The standard InChI is InChI=1S/C24H31N5O2S2/c30-23(28-8-2-1-3-9-28)17-26-10-12-27(13-11-26)18-24(31)29-20(22-7-5-15-33-22)16-19(25-29)21-6-4-14-32-21/h4-7,14-15,20H,1-3,8-13,16-18H2/t20-/m1/s1. The average Bonchev–Trinajstić information content (AvgIpc) is 3.62.